The van der Waals surface area contributed by atoms with Gasteiger partial charge in [0.05, 0.1) is 18.6 Å². The predicted molar refractivity (Wildman–Crippen MR) is 102 cm³/mol. The summed E-state index contributed by atoms with van der Waals surface area (Å²) in [5.41, 5.74) is 1.04. The van der Waals surface area contributed by atoms with Crippen LogP contribution in [-0.2, 0) is 4.74 Å². The van der Waals surface area contributed by atoms with Crippen LogP contribution >= 0.6 is 0 Å². The minimum atomic E-state index is -0.619. The minimum absolute atomic E-state index is 0.237. The Morgan fingerprint density at radius 2 is 2.23 bits per heavy atom. The van der Waals surface area contributed by atoms with Gasteiger partial charge in [-0.1, -0.05) is 6.08 Å². The van der Waals surface area contributed by atoms with E-state index in [1.807, 2.05) is 36.5 Å². The zero-order valence-corrected chi connectivity index (χ0v) is 15.8. The smallest absolute Gasteiger partial charge is 0.414 e. The van der Waals surface area contributed by atoms with Crippen LogP contribution in [0.5, 0.6) is 0 Å². The fraction of sp³-hybridized carbons (Fsp3) is 0.474. The number of alkyl halides is 1. The summed E-state index contributed by atoms with van der Waals surface area (Å²) >= 11 is 0. The van der Waals surface area contributed by atoms with Crippen molar-refractivity contribution in [2.75, 3.05) is 30.1 Å². The van der Waals surface area contributed by atoms with Crippen molar-refractivity contribution in [2.45, 2.75) is 39.2 Å². The first-order valence-corrected chi connectivity index (χ1v) is 8.70. The first-order valence-electron chi connectivity index (χ1n) is 8.70. The zero-order chi connectivity index (χ0) is 19.2. The molecule has 1 amide bonds. The predicted octanol–water partition coefficient (Wildman–Crippen LogP) is 3.97. The van der Waals surface area contributed by atoms with Crippen LogP contribution in [-0.4, -0.2) is 36.9 Å². The van der Waals surface area contributed by atoms with Gasteiger partial charge in [0.2, 0.25) is 0 Å². The van der Waals surface area contributed by atoms with Crippen molar-refractivity contribution in [2.24, 2.45) is 0 Å². The minimum Gasteiger partial charge on any atom is -0.443 e. The average molecular weight is 362 g/mol. The molecule has 0 spiro atoms. The molecule has 1 aromatic heterocycles. The van der Waals surface area contributed by atoms with Crippen molar-refractivity contribution in [3.63, 3.8) is 0 Å². The highest BCUT2D eigenvalue weighted by atomic mass is 19.1. The molecule has 0 saturated heterocycles. The number of nitrogens with zero attached hydrogens (tertiary/aromatic N) is 3. The number of hydrogen-bond donors (Lipinski definition) is 1. The van der Waals surface area contributed by atoms with E-state index in [1.54, 1.807) is 33.0 Å². The van der Waals surface area contributed by atoms with Gasteiger partial charge in [0.1, 0.15) is 11.4 Å². The highest BCUT2D eigenvalue weighted by Gasteiger charge is 2.24. The molecule has 7 heteroatoms. The molecule has 0 atom stereocenters. The summed E-state index contributed by atoms with van der Waals surface area (Å²) in [5, 5.41) is 3.02. The lowest BCUT2D eigenvalue weighted by Crippen LogP contribution is -2.37. The number of hydrogen-bond acceptors (Lipinski definition) is 5. The lowest BCUT2D eigenvalue weighted by molar-refractivity contribution is 0.0579. The Kier molecular flexibility index (Phi) is 6.60. The van der Waals surface area contributed by atoms with E-state index in [0.717, 1.165) is 17.9 Å². The summed E-state index contributed by atoms with van der Waals surface area (Å²) in [5.74, 6) is 0.749. The van der Waals surface area contributed by atoms with Crippen molar-refractivity contribution in [3.05, 3.63) is 42.5 Å². The van der Waals surface area contributed by atoms with Crippen LogP contribution in [0, 0.1) is 0 Å². The average Bonchev–Trinajstić information content (AvgIpc) is 3.03. The lowest BCUT2D eigenvalue weighted by Gasteiger charge is -2.27. The molecule has 0 aromatic carbocycles. The highest BCUT2D eigenvalue weighted by molar-refractivity contribution is 5.87. The SMILES string of the molecule is CN/C=C1\CC=CN1c1ccc(N(CCCF)C(=O)OC(C)(C)C)cn1. The van der Waals surface area contributed by atoms with Gasteiger partial charge >= 0.3 is 6.09 Å². The highest BCUT2D eigenvalue weighted by Crippen LogP contribution is 2.27. The normalized spacial score (nSPS) is 15.4. The molecule has 6 nitrogen and oxygen atoms in total. The Morgan fingerprint density at radius 1 is 1.46 bits per heavy atom. The van der Waals surface area contributed by atoms with E-state index in [2.05, 4.69) is 10.3 Å². The van der Waals surface area contributed by atoms with E-state index in [9.17, 15) is 9.18 Å². The number of pyridine rings is 1. The van der Waals surface area contributed by atoms with Crippen LogP contribution in [0.15, 0.2) is 42.5 Å². The van der Waals surface area contributed by atoms with Crippen LogP contribution in [0.2, 0.25) is 0 Å². The molecule has 0 fully saturated rings. The number of halogens is 1. The molecule has 0 bridgehead atoms. The maximum Gasteiger partial charge on any atom is 0.414 e. The number of ether oxygens (including phenoxy) is 1. The quantitative estimate of drug-likeness (QED) is 0.830. The number of allylic oxidation sites excluding steroid dienone is 1. The second kappa shape index (κ2) is 8.69. The van der Waals surface area contributed by atoms with E-state index < -0.39 is 18.4 Å². The third-order valence-electron chi connectivity index (χ3n) is 3.62. The largest absolute Gasteiger partial charge is 0.443 e. The molecular weight excluding hydrogens is 335 g/mol. The Morgan fingerprint density at radius 3 is 2.81 bits per heavy atom. The van der Waals surface area contributed by atoms with Crippen LogP contribution in [0.4, 0.5) is 20.7 Å². The van der Waals surface area contributed by atoms with Gasteiger partial charge in [-0.05, 0) is 39.3 Å². The second-order valence-corrected chi connectivity index (χ2v) is 6.93. The molecule has 0 radical (unpaired) electrons. The fourth-order valence-electron chi connectivity index (χ4n) is 2.53. The van der Waals surface area contributed by atoms with Crippen LogP contribution in [0.1, 0.15) is 33.6 Å². The standard InChI is InChI=1S/C19H27FN4O2/c1-19(2,3)26-18(25)24(12-6-10-20)16-8-9-17(22-14-16)23-11-5-7-15(23)13-21-4/h5,8-9,11,13-14,21H,6-7,10,12H2,1-4H3/b15-13+. The van der Waals surface area contributed by atoms with Crippen LogP contribution < -0.4 is 15.1 Å². The lowest BCUT2D eigenvalue weighted by atomic mass is 10.2. The fourth-order valence-corrected chi connectivity index (χ4v) is 2.53. The number of carbonyl (C=O) groups is 1. The van der Waals surface area contributed by atoms with Gasteiger partial charge in [0.15, 0.2) is 0 Å². The Balaban J connectivity index is 2.20. The summed E-state index contributed by atoms with van der Waals surface area (Å²) < 4.78 is 18.1. The van der Waals surface area contributed by atoms with Crippen LogP contribution in [0.3, 0.4) is 0 Å². The topological polar surface area (TPSA) is 57.7 Å². The van der Waals surface area contributed by atoms with Crippen molar-refractivity contribution in [3.8, 4) is 0 Å². The van der Waals surface area contributed by atoms with Gasteiger partial charge < -0.3 is 15.0 Å². The molecule has 0 unspecified atom stereocenters. The number of nitrogens with one attached hydrogen (secondary N) is 1. The molecule has 142 valence electrons. The van der Waals surface area contributed by atoms with E-state index in [4.69, 9.17) is 4.74 Å². The summed E-state index contributed by atoms with van der Waals surface area (Å²) in [6, 6.07) is 3.63. The van der Waals surface area contributed by atoms with Crippen LogP contribution in [0.25, 0.3) is 0 Å². The molecule has 2 heterocycles. The van der Waals surface area contributed by atoms with E-state index in [0.29, 0.717) is 5.69 Å². The molecule has 1 N–H and O–H groups in total. The van der Waals surface area contributed by atoms with Crippen molar-refractivity contribution in [1.29, 1.82) is 0 Å². The molecule has 26 heavy (non-hydrogen) atoms. The van der Waals surface area contributed by atoms with E-state index in [1.165, 1.54) is 4.90 Å². The molecule has 0 saturated carbocycles. The summed E-state index contributed by atoms with van der Waals surface area (Å²) in [6.07, 6.45) is 8.10. The Bertz CT molecular complexity index is 665. The maximum absolute atomic E-state index is 12.6. The second-order valence-electron chi connectivity index (χ2n) is 6.93. The van der Waals surface area contributed by atoms with Gasteiger partial charge in [-0.3, -0.25) is 9.29 Å². The number of amides is 1. The van der Waals surface area contributed by atoms with E-state index in [-0.39, 0.29) is 13.0 Å². The summed E-state index contributed by atoms with van der Waals surface area (Å²) in [6.45, 7) is 5.14. The molecule has 1 aliphatic heterocycles. The van der Waals surface area contributed by atoms with Crippen molar-refractivity contribution < 1.29 is 13.9 Å². The first-order chi connectivity index (χ1) is 12.4. The first kappa shape index (κ1) is 19.8. The van der Waals surface area contributed by atoms with Crippen molar-refractivity contribution in [1.82, 2.24) is 10.3 Å². The molecular formula is C19H27FN4O2. The maximum atomic E-state index is 12.6. The Labute approximate surface area is 154 Å². The number of rotatable bonds is 6. The van der Waals surface area contributed by atoms with Gasteiger partial charge in [-0.2, -0.15) is 0 Å². The van der Waals surface area contributed by atoms with Gasteiger partial charge in [0, 0.05) is 38.1 Å². The molecule has 2 rings (SSSR count). The zero-order valence-electron chi connectivity index (χ0n) is 15.8. The van der Waals surface area contributed by atoms with Crippen molar-refractivity contribution >= 4 is 17.6 Å². The summed E-state index contributed by atoms with van der Waals surface area (Å²) in [7, 11) is 1.85. The number of anilines is 2. The van der Waals surface area contributed by atoms with E-state index >= 15 is 0 Å². The summed E-state index contributed by atoms with van der Waals surface area (Å²) in [4.78, 5) is 20.3. The van der Waals surface area contributed by atoms with Gasteiger partial charge in [-0.25, -0.2) is 9.78 Å². The number of aromatic nitrogens is 1. The Hall–Kier alpha value is -2.57. The molecule has 1 aromatic rings. The van der Waals surface area contributed by atoms with Gasteiger partial charge in [-0.15, -0.1) is 0 Å². The third kappa shape index (κ3) is 5.21. The van der Waals surface area contributed by atoms with Gasteiger partial charge in [0.25, 0.3) is 0 Å². The molecule has 1 aliphatic rings. The molecule has 0 aliphatic carbocycles. The number of carbonyl (C=O) groups excluding carboxylic acids is 1. The monoisotopic (exact) mass is 362 g/mol. The third-order valence-corrected chi connectivity index (χ3v) is 3.62.